The Hall–Kier alpha value is -0.170. The van der Waals surface area contributed by atoms with Crippen molar-refractivity contribution in [1.82, 2.24) is 15.1 Å². The second-order valence-corrected chi connectivity index (χ2v) is 7.63. The smallest absolute Gasteiger partial charge is 0.153 e. The number of nitrogens with one attached hydrogen (secondary N) is 1. The number of hydrogen-bond acceptors (Lipinski definition) is 5. The van der Waals surface area contributed by atoms with E-state index in [1.54, 1.807) is 0 Å². The summed E-state index contributed by atoms with van der Waals surface area (Å²) in [7, 11) is 1.38. The summed E-state index contributed by atoms with van der Waals surface area (Å²) in [6.45, 7) is 6.70. The average Bonchev–Trinajstić information content (AvgIpc) is 2.24. The minimum Gasteiger partial charge on any atom is -0.315 e. The molecule has 0 aromatic carbocycles. The maximum absolute atomic E-state index is 11.4. The molecule has 1 aliphatic heterocycles. The van der Waals surface area contributed by atoms with Crippen molar-refractivity contribution in [2.24, 2.45) is 0 Å². The second-order valence-electron chi connectivity index (χ2n) is 5.41. The number of hydrogen-bond donors (Lipinski definition) is 1. The Balaban J connectivity index is 2.09. The van der Waals surface area contributed by atoms with E-state index < -0.39 is 9.84 Å². The molecule has 1 N–H and O–H groups in total. The van der Waals surface area contributed by atoms with E-state index in [1.807, 2.05) is 6.92 Å². The molecule has 0 bridgehead atoms. The Morgan fingerprint density at radius 1 is 1.33 bits per heavy atom. The molecule has 0 aliphatic carbocycles. The van der Waals surface area contributed by atoms with Crippen LogP contribution in [-0.4, -0.2) is 82.6 Å². The first kappa shape index (κ1) is 15.9. The van der Waals surface area contributed by atoms with Crippen LogP contribution in [0.4, 0.5) is 0 Å². The number of nitrogens with zero attached hydrogens (tertiary/aromatic N) is 2. The van der Waals surface area contributed by atoms with Gasteiger partial charge in [-0.1, -0.05) is 0 Å². The Kier molecular flexibility index (Phi) is 6.55. The van der Waals surface area contributed by atoms with Gasteiger partial charge in [0.05, 0.1) is 11.5 Å². The van der Waals surface area contributed by atoms with E-state index >= 15 is 0 Å². The highest BCUT2D eigenvalue weighted by Gasteiger charge is 2.27. The molecule has 1 saturated heterocycles. The largest absolute Gasteiger partial charge is 0.315 e. The topological polar surface area (TPSA) is 52.7 Å². The summed E-state index contributed by atoms with van der Waals surface area (Å²) in [6.07, 6.45) is 1.15. The molecule has 0 aromatic rings. The van der Waals surface area contributed by atoms with E-state index in [-0.39, 0.29) is 6.04 Å². The van der Waals surface area contributed by atoms with Crippen LogP contribution in [0.25, 0.3) is 0 Å². The fraction of sp³-hybridized carbons (Fsp3) is 1.00. The Labute approximate surface area is 111 Å². The van der Waals surface area contributed by atoms with Crippen LogP contribution in [0.1, 0.15) is 13.3 Å². The zero-order valence-corrected chi connectivity index (χ0v) is 12.7. The fourth-order valence-electron chi connectivity index (χ4n) is 2.23. The monoisotopic (exact) mass is 277 g/mol. The Bertz CT molecular complexity index is 330. The van der Waals surface area contributed by atoms with Crippen molar-refractivity contribution < 1.29 is 8.42 Å². The molecule has 1 rings (SSSR count). The molecule has 6 heteroatoms. The molecule has 0 aromatic heterocycles. The van der Waals surface area contributed by atoms with Crippen LogP contribution < -0.4 is 5.32 Å². The molecule has 0 spiro atoms. The van der Waals surface area contributed by atoms with Crippen LogP contribution >= 0.6 is 0 Å². The summed E-state index contributed by atoms with van der Waals surface area (Å²) >= 11 is 0. The van der Waals surface area contributed by atoms with Gasteiger partial charge in [-0.15, -0.1) is 0 Å². The molecule has 1 unspecified atom stereocenters. The third-order valence-electron chi connectivity index (χ3n) is 3.34. The van der Waals surface area contributed by atoms with Gasteiger partial charge in [0.25, 0.3) is 0 Å². The maximum atomic E-state index is 11.4. The van der Waals surface area contributed by atoms with E-state index in [2.05, 4.69) is 29.2 Å². The van der Waals surface area contributed by atoms with Crippen LogP contribution in [0.5, 0.6) is 0 Å². The zero-order chi connectivity index (χ0) is 13.6. The molecule has 18 heavy (non-hydrogen) atoms. The lowest BCUT2D eigenvalue weighted by Crippen LogP contribution is -2.49. The van der Waals surface area contributed by atoms with Gasteiger partial charge in [-0.05, 0) is 40.5 Å². The van der Waals surface area contributed by atoms with E-state index in [0.717, 1.165) is 32.6 Å². The van der Waals surface area contributed by atoms with Crippen molar-refractivity contribution in [2.75, 3.05) is 58.3 Å². The molecule has 108 valence electrons. The molecule has 1 fully saturated rings. The summed E-state index contributed by atoms with van der Waals surface area (Å²) in [4.78, 5) is 4.44. The van der Waals surface area contributed by atoms with E-state index in [9.17, 15) is 8.42 Å². The predicted octanol–water partition coefficient (Wildman–Crippen LogP) is -0.353. The minimum absolute atomic E-state index is 0.160. The van der Waals surface area contributed by atoms with Crippen molar-refractivity contribution in [3.63, 3.8) is 0 Å². The van der Waals surface area contributed by atoms with E-state index in [4.69, 9.17) is 0 Å². The molecule has 0 saturated carbocycles. The lowest BCUT2D eigenvalue weighted by atomic mass is 10.3. The average molecular weight is 277 g/mol. The lowest BCUT2D eigenvalue weighted by molar-refractivity contribution is 0.226. The standard InChI is InChI=1S/C12H27N3O2S/c1-12-11-18(16,17)10-9-15(12)8-6-13-5-4-7-14(2)3/h12-13H,4-11H2,1-3H3. The van der Waals surface area contributed by atoms with Gasteiger partial charge in [0.2, 0.25) is 0 Å². The molecule has 0 radical (unpaired) electrons. The third kappa shape index (κ3) is 6.13. The van der Waals surface area contributed by atoms with Crippen molar-refractivity contribution >= 4 is 9.84 Å². The quantitative estimate of drug-likeness (QED) is 0.645. The van der Waals surface area contributed by atoms with Crippen molar-refractivity contribution in [3.05, 3.63) is 0 Å². The second kappa shape index (κ2) is 7.43. The van der Waals surface area contributed by atoms with Crippen molar-refractivity contribution in [2.45, 2.75) is 19.4 Å². The van der Waals surface area contributed by atoms with Gasteiger partial charge in [-0.3, -0.25) is 4.90 Å². The predicted molar refractivity (Wildman–Crippen MR) is 75.7 cm³/mol. The van der Waals surface area contributed by atoms with Gasteiger partial charge in [0.15, 0.2) is 9.84 Å². The fourth-order valence-corrected chi connectivity index (χ4v) is 3.86. The van der Waals surface area contributed by atoms with Gasteiger partial charge < -0.3 is 10.2 Å². The van der Waals surface area contributed by atoms with Crippen LogP contribution in [-0.2, 0) is 9.84 Å². The normalized spacial score (nSPS) is 24.6. The first-order valence-corrected chi connectivity index (χ1v) is 8.53. The molecule has 1 aliphatic rings. The summed E-state index contributed by atoms with van der Waals surface area (Å²) in [5, 5.41) is 3.41. The molecule has 1 atom stereocenters. The highest BCUT2D eigenvalue weighted by molar-refractivity contribution is 7.91. The van der Waals surface area contributed by atoms with Gasteiger partial charge >= 0.3 is 0 Å². The Morgan fingerprint density at radius 2 is 2.06 bits per heavy atom. The third-order valence-corrected chi connectivity index (χ3v) is 5.14. The van der Waals surface area contributed by atoms with Gasteiger partial charge in [-0.25, -0.2) is 8.42 Å². The molecule has 5 nitrogen and oxygen atoms in total. The summed E-state index contributed by atoms with van der Waals surface area (Å²) in [6, 6.07) is 0.160. The van der Waals surface area contributed by atoms with E-state index in [0.29, 0.717) is 18.1 Å². The van der Waals surface area contributed by atoms with Crippen molar-refractivity contribution in [1.29, 1.82) is 0 Å². The first-order chi connectivity index (χ1) is 8.41. The van der Waals surface area contributed by atoms with Crippen LogP contribution in [0.3, 0.4) is 0 Å². The summed E-state index contributed by atoms with van der Waals surface area (Å²) in [5.74, 6) is 0.631. The van der Waals surface area contributed by atoms with Crippen LogP contribution in [0.2, 0.25) is 0 Å². The van der Waals surface area contributed by atoms with Crippen molar-refractivity contribution in [3.8, 4) is 0 Å². The van der Waals surface area contributed by atoms with E-state index in [1.165, 1.54) is 0 Å². The van der Waals surface area contributed by atoms with Gasteiger partial charge in [0, 0.05) is 25.7 Å². The van der Waals surface area contributed by atoms with Crippen LogP contribution in [0, 0.1) is 0 Å². The first-order valence-electron chi connectivity index (χ1n) is 6.70. The number of rotatable bonds is 7. The zero-order valence-electron chi connectivity index (χ0n) is 11.9. The van der Waals surface area contributed by atoms with Crippen LogP contribution in [0.15, 0.2) is 0 Å². The lowest BCUT2D eigenvalue weighted by Gasteiger charge is -2.33. The summed E-state index contributed by atoms with van der Waals surface area (Å²) in [5.41, 5.74) is 0. The SMILES string of the molecule is CC1CS(=O)(=O)CCN1CCNCCCN(C)C. The minimum atomic E-state index is -2.78. The van der Waals surface area contributed by atoms with Gasteiger partial charge in [0.1, 0.15) is 0 Å². The highest BCUT2D eigenvalue weighted by atomic mass is 32.2. The molecule has 1 heterocycles. The summed E-state index contributed by atoms with van der Waals surface area (Å²) < 4.78 is 22.9. The number of sulfone groups is 1. The Morgan fingerprint density at radius 3 is 2.67 bits per heavy atom. The molecular formula is C12H27N3O2S. The highest BCUT2D eigenvalue weighted by Crippen LogP contribution is 2.10. The van der Waals surface area contributed by atoms with Gasteiger partial charge in [-0.2, -0.15) is 0 Å². The molecular weight excluding hydrogens is 250 g/mol. The maximum Gasteiger partial charge on any atom is 0.153 e. The molecule has 0 amide bonds.